The van der Waals surface area contributed by atoms with E-state index >= 15 is 0 Å². The fraction of sp³-hybridized carbons (Fsp3) is 0.316. The fourth-order valence-corrected chi connectivity index (χ4v) is 2.34. The van der Waals surface area contributed by atoms with Crippen LogP contribution in [0, 0.1) is 5.82 Å². The molecule has 0 aliphatic rings. The Balaban J connectivity index is 2.14. The Morgan fingerprint density at radius 3 is 2.43 bits per heavy atom. The van der Waals surface area contributed by atoms with Gasteiger partial charge in [-0.05, 0) is 36.1 Å². The van der Waals surface area contributed by atoms with Gasteiger partial charge in [0.05, 0.1) is 0 Å². The normalized spacial score (nSPS) is 12.0. The summed E-state index contributed by atoms with van der Waals surface area (Å²) in [6.07, 6.45) is -0.295. The Morgan fingerprint density at radius 1 is 1.13 bits per heavy atom. The van der Waals surface area contributed by atoms with Crippen molar-refractivity contribution in [2.75, 3.05) is 5.32 Å². The molecule has 1 atom stereocenters. The molecule has 23 heavy (non-hydrogen) atoms. The Kier molecular flexibility index (Phi) is 5.74. The molecule has 1 N–H and O–H groups in total. The molecule has 0 unspecified atom stereocenters. The van der Waals surface area contributed by atoms with E-state index in [4.69, 9.17) is 4.74 Å². The van der Waals surface area contributed by atoms with Gasteiger partial charge in [-0.3, -0.25) is 4.79 Å². The van der Waals surface area contributed by atoms with E-state index in [-0.39, 0.29) is 11.7 Å². The zero-order valence-electron chi connectivity index (χ0n) is 13.7. The van der Waals surface area contributed by atoms with Crippen LogP contribution in [0.2, 0.25) is 0 Å². The van der Waals surface area contributed by atoms with E-state index in [0.29, 0.717) is 12.3 Å². The molecule has 3 nitrogen and oxygen atoms in total. The minimum Gasteiger partial charge on any atom is -0.478 e. The SMILES string of the molecule is CC[C@H](Oc1ccccc1F)C(=O)Nc1ccccc1C(C)C. The van der Waals surface area contributed by atoms with Crippen molar-refractivity contribution in [1.82, 2.24) is 0 Å². The number of benzene rings is 2. The third-order valence-electron chi connectivity index (χ3n) is 3.61. The zero-order chi connectivity index (χ0) is 16.8. The number of carbonyl (C=O) groups excluding carboxylic acids is 1. The Morgan fingerprint density at radius 2 is 1.78 bits per heavy atom. The van der Waals surface area contributed by atoms with Crippen LogP contribution in [0.5, 0.6) is 5.75 Å². The summed E-state index contributed by atoms with van der Waals surface area (Å²) in [5.74, 6) is -0.365. The average Bonchev–Trinajstić information content (AvgIpc) is 2.54. The van der Waals surface area contributed by atoms with E-state index in [1.54, 1.807) is 12.1 Å². The summed E-state index contributed by atoms with van der Waals surface area (Å²) in [6, 6.07) is 13.8. The van der Waals surface area contributed by atoms with Crippen molar-refractivity contribution in [2.24, 2.45) is 0 Å². The van der Waals surface area contributed by atoms with Gasteiger partial charge in [0.2, 0.25) is 0 Å². The van der Waals surface area contributed by atoms with E-state index in [9.17, 15) is 9.18 Å². The molecule has 0 saturated carbocycles. The molecular weight excluding hydrogens is 293 g/mol. The van der Waals surface area contributed by atoms with Gasteiger partial charge in [0.1, 0.15) is 0 Å². The Labute approximate surface area is 136 Å². The van der Waals surface area contributed by atoms with E-state index in [1.165, 1.54) is 12.1 Å². The van der Waals surface area contributed by atoms with Crippen molar-refractivity contribution in [3.05, 3.63) is 59.9 Å². The molecular formula is C19H22FNO2. The van der Waals surface area contributed by atoms with Crippen molar-refractivity contribution in [3.8, 4) is 5.75 Å². The van der Waals surface area contributed by atoms with Crippen molar-refractivity contribution in [1.29, 1.82) is 0 Å². The number of halogens is 1. The van der Waals surface area contributed by atoms with Gasteiger partial charge in [-0.1, -0.05) is 51.1 Å². The number of ether oxygens (including phenoxy) is 1. The number of rotatable bonds is 6. The van der Waals surface area contributed by atoms with Gasteiger partial charge in [0.25, 0.3) is 5.91 Å². The molecule has 0 radical (unpaired) electrons. The monoisotopic (exact) mass is 315 g/mol. The summed E-state index contributed by atoms with van der Waals surface area (Å²) in [6.45, 7) is 5.97. The number of hydrogen-bond donors (Lipinski definition) is 1. The Hall–Kier alpha value is -2.36. The molecule has 4 heteroatoms. The number of carbonyl (C=O) groups is 1. The molecule has 2 aromatic rings. The molecule has 0 aliphatic carbocycles. The quantitative estimate of drug-likeness (QED) is 0.835. The number of amides is 1. The summed E-state index contributed by atoms with van der Waals surface area (Å²) in [7, 11) is 0. The first-order valence-corrected chi connectivity index (χ1v) is 7.84. The van der Waals surface area contributed by atoms with Gasteiger partial charge < -0.3 is 10.1 Å². The summed E-state index contributed by atoms with van der Waals surface area (Å²) in [5, 5.41) is 2.90. The molecule has 1 amide bonds. The first-order valence-electron chi connectivity index (χ1n) is 7.84. The predicted octanol–water partition coefficient (Wildman–Crippen LogP) is 4.75. The molecule has 0 fully saturated rings. The second-order valence-corrected chi connectivity index (χ2v) is 5.68. The van der Waals surface area contributed by atoms with Gasteiger partial charge in [-0.2, -0.15) is 0 Å². The number of anilines is 1. The molecule has 0 saturated heterocycles. The lowest BCUT2D eigenvalue weighted by Gasteiger charge is -2.19. The van der Waals surface area contributed by atoms with Crippen molar-refractivity contribution in [3.63, 3.8) is 0 Å². The maximum atomic E-state index is 13.7. The highest BCUT2D eigenvalue weighted by molar-refractivity contribution is 5.95. The summed E-state index contributed by atoms with van der Waals surface area (Å²) in [4.78, 5) is 12.5. The topological polar surface area (TPSA) is 38.3 Å². The first kappa shape index (κ1) is 17.0. The number of para-hydroxylation sites is 2. The van der Waals surface area contributed by atoms with Crippen LogP contribution in [0.15, 0.2) is 48.5 Å². The zero-order valence-corrected chi connectivity index (χ0v) is 13.7. The summed E-state index contributed by atoms with van der Waals surface area (Å²) < 4.78 is 19.2. The molecule has 0 heterocycles. The van der Waals surface area contributed by atoms with Crippen molar-refractivity contribution < 1.29 is 13.9 Å². The third-order valence-corrected chi connectivity index (χ3v) is 3.61. The van der Waals surface area contributed by atoms with E-state index in [2.05, 4.69) is 19.2 Å². The van der Waals surface area contributed by atoms with Gasteiger partial charge in [-0.25, -0.2) is 4.39 Å². The lowest BCUT2D eigenvalue weighted by atomic mass is 10.0. The van der Waals surface area contributed by atoms with Crippen molar-refractivity contribution in [2.45, 2.75) is 39.2 Å². The van der Waals surface area contributed by atoms with Gasteiger partial charge in [0.15, 0.2) is 17.7 Å². The first-order chi connectivity index (χ1) is 11.0. The summed E-state index contributed by atoms with van der Waals surface area (Å²) in [5.41, 5.74) is 1.82. The molecule has 0 bridgehead atoms. The van der Waals surface area contributed by atoms with Crippen LogP contribution in [0.3, 0.4) is 0 Å². The second kappa shape index (κ2) is 7.77. The van der Waals surface area contributed by atoms with Crippen LogP contribution >= 0.6 is 0 Å². The number of hydrogen-bond acceptors (Lipinski definition) is 2. The smallest absolute Gasteiger partial charge is 0.265 e. The largest absolute Gasteiger partial charge is 0.478 e. The minimum absolute atomic E-state index is 0.0895. The number of nitrogens with one attached hydrogen (secondary N) is 1. The molecule has 0 spiro atoms. The highest BCUT2D eigenvalue weighted by Crippen LogP contribution is 2.24. The molecule has 122 valence electrons. The molecule has 0 aromatic heterocycles. The summed E-state index contributed by atoms with van der Waals surface area (Å²) >= 11 is 0. The maximum Gasteiger partial charge on any atom is 0.265 e. The van der Waals surface area contributed by atoms with E-state index in [0.717, 1.165) is 11.3 Å². The second-order valence-electron chi connectivity index (χ2n) is 5.68. The standard InChI is InChI=1S/C19H22FNO2/c1-4-17(23-18-12-8-6-10-15(18)20)19(22)21-16-11-7-5-9-14(16)13(2)3/h5-13,17H,4H2,1-3H3,(H,21,22)/t17-/m0/s1. The van der Waals surface area contributed by atoms with Crippen LogP contribution < -0.4 is 10.1 Å². The lowest BCUT2D eigenvalue weighted by Crippen LogP contribution is -2.33. The predicted molar refractivity (Wildman–Crippen MR) is 90.3 cm³/mol. The fourth-order valence-electron chi connectivity index (χ4n) is 2.34. The highest BCUT2D eigenvalue weighted by Gasteiger charge is 2.21. The Bertz CT molecular complexity index is 670. The van der Waals surface area contributed by atoms with E-state index in [1.807, 2.05) is 31.2 Å². The lowest BCUT2D eigenvalue weighted by molar-refractivity contribution is -0.122. The van der Waals surface area contributed by atoms with Crippen LogP contribution in [0.1, 0.15) is 38.7 Å². The van der Waals surface area contributed by atoms with E-state index < -0.39 is 11.9 Å². The van der Waals surface area contributed by atoms with Crippen LogP contribution in [-0.2, 0) is 4.79 Å². The van der Waals surface area contributed by atoms with Gasteiger partial charge in [-0.15, -0.1) is 0 Å². The maximum absolute atomic E-state index is 13.7. The minimum atomic E-state index is -0.743. The highest BCUT2D eigenvalue weighted by atomic mass is 19.1. The van der Waals surface area contributed by atoms with Gasteiger partial charge >= 0.3 is 0 Å². The molecule has 2 rings (SSSR count). The van der Waals surface area contributed by atoms with Crippen molar-refractivity contribution >= 4 is 11.6 Å². The van der Waals surface area contributed by atoms with Gasteiger partial charge in [0, 0.05) is 5.69 Å². The van der Waals surface area contributed by atoms with Crippen LogP contribution in [0.25, 0.3) is 0 Å². The van der Waals surface area contributed by atoms with Crippen LogP contribution in [0.4, 0.5) is 10.1 Å². The molecule has 0 aliphatic heterocycles. The van der Waals surface area contributed by atoms with Crippen LogP contribution in [-0.4, -0.2) is 12.0 Å². The molecule has 2 aromatic carbocycles. The third kappa shape index (κ3) is 4.31. The average molecular weight is 315 g/mol.